The second-order valence-corrected chi connectivity index (χ2v) is 3.87. The number of aryl methyl sites for hydroxylation is 1. The normalized spacial score (nSPS) is 10.4. The van der Waals surface area contributed by atoms with Crippen LogP contribution in [0.2, 0.25) is 0 Å². The zero-order valence-corrected chi connectivity index (χ0v) is 10.4. The highest BCUT2D eigenvalue weighted by molar-refractivity contribution is 5.38. The van der Waals surface area contributed by atoms with E-state index >= 15 is 0 Å². The van der Waals surface area contributed by atoms with Crippen LogP contribution in [0.25, 0.3) is 5.69 Å². The average Bonchev–Trinajstić information content (AvgIpc) is 2.37. The summed E-state index contributed by atoms with van der Waals surface area (Å²) >= 11 is 0. The van der Waals surface area contributed by atoms with Crippen molar-refractivity contribution in [2.45, 2.75) is 13.8 Å². The van der Waals surface area contributed by atoms with Gasteiger partial charge in [0, 0.05) is 5.69 Å². The summed E-state index contributed by atoms with van der Waals surface area (Å²) in [5.41, 5.74) is -0.351. The van der Waals surface area contributed by atoms with Gasteiger partial charge in [0.2, 0.25) is 0 Å². The molecule has 5 nitrogen and oxygen atoms in total. The summed E-state index contributed by atoms with van der Waals surface area (Å²) in [5.74, 6) is 1.11. The van der Waals surface area contributed by atoms with Crippen LogP contribution in [0.3, 0.4) is 0 Å². The molecule has 0 N–H and O–H groups in total. The molecule has 2 aromatic rings. The van der Waals surface area contributed by atoms with Gasteiger partial charge in [-0.2, -0.15) is 0 Å². The number of hydrogen-bond acceptors (Lipinski definition) is 4. The van der Waals surface area contributed by atoms with E-state index in [1.807, 2.05) is 0 Å². The first-order chi connectivity index (χ1) is 8.54. The Kier molecular flexibility index (Phi) is 3.06. The van der Waals surface area contributed by atoms with Crippen LogP contribution in [0.1, 0.15) is 11.5 Å². The molecule has 2 rings (SSSR count). The Morgan fingerprint density at radius 1 is 1.11 bits per heavy atom. The molecule has 1 heterocycles. The van der Waals surface area contributed by atoms with E-state index < -0.39 is 11.2 Å². The summed E-state index contributed by atoms with van der Waals surface area (Å²) in [7, 11) is 1.56. The van der Waals surface area contributed by atoms with Crippen LogP contribution in [0.4, 0.5) is 0 Å². The summed E-state index contributed by atoms with van der Waals surface area (Å²) in [4.78, 5) is 23.2. The standard InChI is InChI=1S/C13H13NO4/c1-8-9(2)18-13(16)12(15)14(8)10-4-6-11(17-3)7-5-10/h4-7H,1-3H3. The molecule has 0 saturated heterocycles. The Hall–Kier alpha value is -2.30. The lowest BCUT2D eigenvalue weighted by Crippen LogP contribution is -2.34. The lowest BCUT2D eigenvalue weighted by Gasteiger charge is -2.10. The molecule has 0 aliphatic carbocycles. The highest BCUT2D eigenvalue weighted by Crippen LogP contribution is 2.15. The van der Waals surface area contributed by atoms with E-state index in [0.29, 0.717) is 22.9 Å². The molecule has 0 atom stereocenters. The molecule has 5 heteroatoms. The molecule has 0 spiro atoms. The number of methoxy groups -OCH3 is 1. The van der Waals surface area contributed by atoms with E-state index in [0.717, 1.165) is 0 Å². The van der Waals surface area contributed by atoms with E-state index in [1.54, 1.807) is 45.2 Å². The molecule has 1 aromatic carbocycles. The van der Waals surface area contributed by atoms with Crippen molar-refractivity contribution in [2.24, 2.45) is 0 Å². The van der Waals surface area contributed by atoms with E-state index in [2.05, 4.69) is 0 Å². The Bertz CT molecular complexity index is 680. The molecule has 0 bridgehead atoms. The fourth-order valence-electron chi connectivity index (χ4n) is 1.70. The van der Waals surface area contributed by atoms with Crippen LogP contribution in [0.5, 0.6) is 5.75 Å². The number of rotatable bonds is 2. The molecule has 0 aliphatic rings. The molecule has 0 unspecified atom stereocenters. The van der Waals surface area contributed by atoms with Crippen molar-refractivity contribution in [3.8, 4) is 11.4 Å². The average molecular weight is 247 g/mol. The Morgan fingerprint density at radius 3 is 2.28 bits per heavy atom. The minimum absolute atomic E-state index is 0.426. The Balaban J connectivity index is 2.70. The van der Waals surface area contributed by atoms with Gasteiger partial charge in [-0.25, -0.2) is 4.79 Å². The van der Waals surface area contributed by atoms with E-state index in [9.17, 15) is 9.59 Å². The van der Waals surface area contributed by atoms with Gasteiger partial charge in [0.15, 0.2) is 0 Å². The molecule has 0 saturated carbocycles. The minimum atomic E-state index is -0.867. The number of aromatic nitrogens is 1. The molecule has 0 fully saturated rings. The predicted molar refractivity (Wildman–Crippen MR) is 66.6 cm³/mol. The second-order valence-electron chi connectivity index (χ2n) is 3.87. The Morgan fingerprint density at radius 2 is 1.72 bits per heavy atom. The van der Waals surface area contributed by atoms with Crippen molar-refractivity contribution in [1.29, 1.82) is 0 Å². The quantitative estimate of drug-likeness (QED) is 0.753. The molecule has 18 heavy (non-hydrogen) atoms. The first kappa shape index (κ1) is 12.2. The lowest BCUT2D eigenvalue weighted by atomic mass is 10.2. The number of ether oxygens (including phenoxy) is 1. The zero-order valence-electron chi connectivity index (χ0n) is 10.4. The zero-order chi connectivity index (χ0) is 13.3. The molecule has 0 radical (unpaired) electrons. The Labute approximate surface area is 103 Å². The maximum absolute atomic E-state index is 11.8. The van der Waals surface area contributed by atoms with Crippen LogP contribution in [-0.2, 0) is 0 Å². The summed E-state index contributed by atoms with van der Waals surface area (Å²) in [6, 6.07) is 6.88. The smallest absolute Gasteiger partial charge is 0.402 e. The van der Waals surface area contributed by atoms with E-state index in [1.165, 1.54) is 4.57 Å². The second kappa shape index (κ2) is 4.52. The van der Waals surface area contributed by atoms with Gasteiger partial charge in [0.05, 0.1) is 12.8 Å². The van der Waals surface area contributed by atoms with Crippen molar-refractivity contribution in [3.05, 3.63) is 56.5 Å². The topological polar surface area (TPSA) is 61.4 Å². The maximum Gasteiger partial charge on any atom is 0.402 e. The summed E-state index contributed by atoms with van der Waals surface area (Å²) in [6.07, 6.45) is 0. The lowest BCUT2D eigenvalue weighted by molar-refractivity contribution is 0.414. The van der Waals surface area contributed by atoms with Crippen molar-refractivity contribution < 1.29 is 9.15 Å². The van der Waals surface area contributed by atoms with Gasteiger partial charge < -0.3 is 9.15 Å². The molecule has 1 aromatic heterocycles. The predicted octanol–water partition coefficient (Wildman–Crippen LogP) is 1.42. The van der Waals surface area contributed by atoms with Gasteiger partial charge >= 0.3 is 11.2 Å². The maximum atomic E-state index is 11.8. The third kappa shape index (κ3) is 1.95. The highest BCUT2D eigenvalue weighted by atomic mass is 16.5. The SMILES string of the molecule is COc1ccc(-n2c(C)c(C)oc(=O)c2=O)cc1. The third-order valence-electron chi connectivity index (χ3n) is 2.80. The first-order valence-electron chi connectivity index (χ1n) is 5.42. The summed E-state index contributed by atoms with van der Waals surface area (Å²) < 4.78 is 11.2. The van der Waals surface area contributed by atoms with Crippen LogP contribution >= 0.6 is 0 Å². The molecular formula is C13H13NO4. The van der Waals surface area contributed by atoms with Crippen LogP contribution in [-0.4, -0.2) is 11.7 Å². The van der Waals surface area contributed by atoms with Crippen molar-refractivity contribution in [3.63, 3.8) is 0 Å². The third-order valence-corrected chi connectivity index (χ3v) is 2.80. The van der Waals surface area contributed by atoms with Gasteiger partial charge in [-0.3, -0.25) is 9.36 Å². The van der Waals surface area contributed by atoms with Crippen LogP contribution in [0, 0.1) is 13.8 Å². The summed E-state index contributed by atoms with van der Waals surface area (Å²) in [6.45, 7) is 3.38. The molecular weight excluding hydrogens is 234 g/mol. The highest BCUT2D eigenvalue weighted by Gasteiger charge is 2.11. The minimum Gasteiger partial charge on any atom is -0.497 e. The van der Waals surface area contributed by atoms with E-state index in [-0.39, 0.29) is 0 Å². The number of nitrogens with zero attached hydrogens (tertiary/aromatic N) is 1. The summed E-state index contributed by atoms with van der Waals surface area (Å²) in [5, 5.41) is 0. The monoisotopic (exact) mass is 247 g/mol. The number of hydrogen-bond donors (Lipinski definition) is 0. The molecule has 0 amide bonds. The van der Waals surface area contributed by atoms with Gasteiger partial charge in [-0.05, 0) is 38.1 Å². The van der Waals surface area contributed by atoms with E-state index in [4.69, 9.17) is 9.15 Å². The fourth-order valence-corrected chi connectivity index (χ4v) is 1.70. The van der Waals surface area contributed by atoms with Crippen molar-refractivity contribution in [1.82, 2.24) is 4.57 Å². The fraction of sp³-hybridized carbons (Fsp3) is 0.231. The van der Waals surface area contributed by atoms with Crippen molar-refractivity contribution in [2.75, 3.05) is 7.11 Å². The van der Waals surface area contributed by atoms with Gasteiger partial charge in [-0.1, -0.05) is 0 Å². The van der Waals surface area contributed by atoms with Crippen LogP contribution < -0.4 is 15.9 Å². The largest absolute Gasteiger partial charge is 0.497 e. The first-order valence-corrected chi connectivity index (χ1v) is 5.42. The van der Waals surface area contributed by atoms with Gasteiger partial charge in [0.25, 0.3) is 0 Å². The molecule has 0 aliphatic heterocycles. The van der Waals surface area contributed by atoms with Gasteiger partial charge in [0.1, 0.15) is 11.5 Å². The van der Waals surface area contributed by atoms with Crippen molar-refractivity contribution >= 4 is 0 Å². The van der Waals surface area contributed by atoms with Crippen LogP contribution in [0.15, 0.2) is 38.3 Å². The number of benzene rings is 1. The molecule has 94 valence electrons. The van der Waals surface area contributed by atoms with Gasteiger partial charge in [-0.15, -0.1) is 0 Å².